The summed E-state index contributed by atoms with van der Waals surface area (Å²) in [6.45, 7) is 5.44. The summed E-state index contributed by atoms with van der Waals surface area (Å²) in [5, 5.41) is 3.48. The monoisotopic (exact) mass is 239 g/mol. The molecule has 0 spiro atoms. The van der Waals surface area contributed by atoms with Gasteiger partial charge in [-0.25, -0.2) is 0 Å². The Kier molecular flexibility index (Phi) is 2.43. The molecule has 0 bridgehead atoms. The SMILES string of the molecule is Cc1cc(Br)cc2c1CNC(C)C2. The first-order valence-electron chi connectivity index (χ1n) is 4.68. The quantitative estimate of drug-likeness (QED) is 0.735. The topological polar surface area (TPSA) is 12.0 Å². The van der Waals surface area contributed by atoms with Crippen LogP contribution in [0.3, 0.4) is 0 Å². The third-order valence-electron chi connectivity index (χ3n) is 2.68. The highest BCUT2D eigenvalue weighted by molar-refractivity contribution is 9.10. The first-order valence-corrected chi connectivity index (χ1v) is 5.47. The van der Waals surface area contributed by atoms with E-state index in [1.165, 1.54) is 21.2 Å². The normalized spacial score (nSPS) is 21.3. The van der Waals surface area contributed by atoms with E-state index in [9.17, 15) is 0 Å². The standard InChI is InChI=1S/C11H14BrN/c1-7-3-10(12)5-9-4-8(2)13-6-11(7)9/h3,5,8,13H,4,6H2,1-2H3. The number of nitrogens with one attached hydrogen (secondary N) is 1. The van der Waals surface area contributed by atoms with Crippen molar-refractivity contribution >= 4 is 15.9 Å². The second-order valence-electron chi connectivity index (χ2n) is 3.85. The van der Waals surface area contributed by atoms with Gasteiger partial charge in [-0.1, -0.05) is 15.9 Å². The highest BCUT2D eigenvalue weighted by Gasteiger charge is 2.15. The van der Waals surface area contributed by atoms with Crippen LogP contribution in [0.1, 0.15) is 23.6 Å². The molecule has 0 saturated carbocycles. The number of hydrogen-bond acceptors (Lipinski definition) is 1. The first-order chi connectivity index (χ1) is 6.16. The van der Waals surface area contributed by atoms with Gasteiger partial charge in [-0.05, 0) is 49.1 Å². The molecule has 0 aliphatic carbocycles. The molecule has 1 aliphatic heterocycles. The van der Waals surface area contributed by atoms with Gasteiger partial charge in [-0.2, -0.15) is 0 Å². The van der Waals surface area contributed by atoms with Crippen LogP contribution in [0.15, 0.2) is 16.6 Å². The van der Waals surface area contributed by atoms with Gasteiger partial charge in [-0.15, -0.1) is 0 Å². The molecule has 13 heavy (non-hydrogen) atoms. The first kappa shape index (κ1) is 9.22. The van der Waals surface area contributed by atoms with Gasteiger partial charge in [0.05, 0.1) is 0 Å². The maximum absolute atomic E-state index is 3.54. The Labute approximate surface area is 87.7 Å². The fourth-order valence-corrected chi connectivity index (χ4v) is 2.58. The largest absolute Gasteiger partial charge is 0.310 e. The van der Waals surface area contributed by atoms with Crippen molar-refractivity contribution in [1.82, 2.24) is 5.32 Å². The number of aryl methyl sites for hydroxylation is 1. The van der Waals surface area contributed by atoms with E-state index in [2.05, 4.69) is 47.2 Å². The predicted octanol–water partition coefficient (Wildman–Crippen LogP) is 2.79. The van der Waals surface area contributed by atoms with Crippen LogP contribution in [-0.2, 0) is 13.0 Å². The molecule has 1 aliphatic rings. The molecule has 1 nitrogen and oxygen atoms in total. The Morgan fingerprint density at radius 3 is 3.00 bits per heavy atom. The zero-order chi connectivity index (χ0) is 9.42. The fourth-order valence-electron chi connectivity index (χ4n) is 1.96. The van der Waals surface area contributed by atoms with E-state index >= 15 is 0 Å². The number of halogens is 1. The van der Waals surface area contributed by atoms with Gasteiger partial charge in [0, 0.05) is 17.1 Å². The number of rotatable bonds is 0. The number of fused-ring (bicyclic) bond motifs is 1. The molecule has 0 aromatic heterocycles. The molecule has 0 amide bonds. The van der Waals surface area contributed by atoms with Gasteiger partial charge in [0.2, 0.25) is 0 Å². The summed E-state index contributed by atoms with van der Waals surface area (Å²) in [5.41, 5.74) is 4.38. The van der Waals surface area contributed by atoms with Gasteiger partial charge in [0.25, 0.3) is 0 Å². The van der Waals surface area contributed by atoms with Crippen LogP contribution < -0.4 is 5.32 Å². The summed E-state index contributed by atoms with van der Waals surface area (Å²) >= 11 is 3.54. The maximum atomic E-state index is 3.54. The van der Waals surface area contributed by atoms with Gasteiger partial charge in [0.15, 0.2) is 0 Å². The van der Waals surface area contributed by atoms with Crippen LogP contribution in [0, 0.1) is 6.92 Å². The lowest BCUT2D eigenvalue weighted by Gasteiger charge is -2.24. The average molecular weight is 240 g/mol. The van der Waals surface area contributed by atoms with Crippen LogP contribution >= 0.6 is 15.9 Å². The highest BCUT2D eigenvalue weighted by atomic mass is 79.9. The summed E-state index contributed by atoms with van der Waals surface area (Å²) in [6, 6.07) is 5.05. The number of benzene rings is 1. The van der Waals surface area contributed by atoms with Crippen molar-refractivity contribution in [1.29, 1.82) is 0 Å². The van der Waals surface area contributed by atoms with E-state index in [0.717, 1.165) is 13.0 Å². The zero-order valence-corrected chi connectivity index (χ0v) is 9.61. The minimum absolute atomic E-state index is 0.612. The Hall–Kier alpha value is -0.340. The lowest BCUT2D eigenvalue weighted by molar-refractivity contribution is 0.512. The molecule has 70 valence electrons. The van der Waals surface area contributed by atoms with E-state index in [4.69, 9.17) is 0 Å². The fraction of sp³-hybridized carbons (Fsp3) is 0.455. The molecule has 1 heterocycles. The molecule has 0 fully saturated rings. The van der Waals surface area contributed by atoms with Gasteiger partial charge >= 0.3 is 0 Å². The second-order valence-corrected chi connectivity index (χ2v) is 4.76. The van der Waals surface area contributed by atoms with Gasteiger partial charge in [0.1, 0.15) is 0 Å². The van der Waals surface area contributed by atoms with Crippen LogP contribution in [0.2, 0.25) is 0 Å². The van der Waals surface area contributed by atoms with E-state index < -0.39 is 0 Å². The molecule has 0 radical (unpaired) electrons. The lowest BCUT2D eigenvalue weighted by atomic mass is 9.93. The van der Waals surface area contributed by atoms with Crippen LogP contribution in [0.4, 0.5) is 0 Å². The van der Waals surface area contributed by atoms with Gasteiger partial charge < -0.3 is 5.32 Å². The minimum atomic E-state index is 0.612. The van der Waals surface area contributed by atoms with E-state index in [-0.39, 0.29) is 0 Å². The Bertz CT molecular complexity index is 333. The van der Waals surface area contributed by atoms with Crippen molar-refractivity contribution in [2.75, 3.05) is 0 Å². The lowest BCUT2D eigenvalue weighted by Crippen LogP contribution is -2.33. The molecule has 2 heteroatoms. The third-order valence-corrected chi connectivity index (χ3v) is 3.14. The summed E-state index contributed by atoms with van der Waals surface area (Å²) < 4.78 is 1.21. The molecule has 1 N–H and O–H groups in total. The van der Waals surface area contributed by atoms with Crippen LogP contribution in [-0.4, -0.2) is 6.04 Å². The molecule has 1 atom stereocenters. The highest BCUT2D eigenvalue weighted by Crippen LogP contribution is 2.24. The summed E-state index contributed by atoms with van der Waals surface area (Å²) in [6.07, 6.45) is 1.15. The molecule has 1 unspecified atom stereocenters. The van der Waals surface area contributed by atoms with Crippen LogP contribution in [0.5, 0.6) is 0 Å². The average Bonchev–Trinajstić information content (AvgIpc) is 2.02. The Balaban J connectivity index is 2.47. The third kappa shape index (κ3) is 1.79. The predicted molar refractivity (Wildman–Crippen MR) is 58.9 cm³/mol. The maximum Gasteiger partial charge on any atom is 0.0213 e. The number of hydrogen-bond donors (Lipinski definition) is 1. The molecule has 2 rings (SSSR count). The van der Waals surface area contributed by atoms with E-state index in [1.807, 2.05) is 0 Å². The van der Waals surface area contributed by atoms with Crippen molar-refractivity contribution in [2.45, 2.75) is 32.9 Å². The Morgan fingerprint density at radius 1 is 1.46 bits per heavy atom. The van der Waals surface area contributed by atoms with Crippen molar-refractivity contribution in [3.8, 4) is 0 Å². The smallest absolute Gasteiger partial charge is 0.0213 e. The molecule has 0 saturated heterocycles. The van der Waals surface area contributed by atoms with Crippen molar-refractivity contribution in [3.05, 3.63) is 33.3 Å². The van der Waals surface area contributed by atoms with Gasteiger partial charge in [-0.3, -0.25) is 0 Å². The van der Waals surface area contributed by atoms with E-state index in [0.29, 0.717) is 6.04 Å². The second kappa shape index (κ2) is 3.43. The summed E-state index contributed by atoms with van der Waals surface area (Å²) in [4.78, 5) is 0. The summed E-state index contributed by atoms with van der Waals surface area (Å²) in [5.74, 6) is 0. The molecular weight excluding hydrogens is 226 g/mol. The zero-order valence-electron chi connectivity index (χ0n) is 8.02. The van der Waals surface area contributed by atoms with Crippen molar-refractivity contribution in [2.24, 2.45) is 0 Å². The van der Waals surface area contributed by atoms with E-state index in [1.54, 1.807) is 0 Å². The van der Waals surface area contributed by atoms with Crippen LogP contribution in [0.25, 0.3) is 0 Å². The van der Waals surface area contributed by atoms with Crippen molar-refractivity contribution < 1.29 is 0 Å². The molecule has 1 aromatic rings. The Morgan fingerprint density at radius 2 is 2.23 bits per heavy atom. The molecule has 1 aromatic carbocycles. The van der Waals surface area contributed by atoms with Crippen molar-refractivity contribution in [3.63, 3.8) is 0 Å². The molecular formula is C11H14BrN. The summed E-state index contributed by atoms with van der Waals surface area (Å²) in [7, 11) is 0. The minimum Gasteiger partial charge on any atom is -0.310 e.